The summed E-state index contributed by atoms with van der Waals surface area (Å²) in [5, 5.41) is 20.3. The van der Waals surface area contributed by atoms with Gasteiger partial charge < -0.3 is 10.0 Å². The minimum atomic E-state index is -0.435. The molecule has 5 heteroatoms. The van der Waals surface area contributed by atoms with Crippen LogP contribution in [0.3, 0.4) is 0 Å². The van der Waals surface area contributed by atoms with Crippen LogP contribution in [-0.4, -0.2) is 22.6 Å². The van der Waals surface area contributed by atoms with Crippen molar-refractivity contribution in [3.05, 3.63) is 33.9 Å². The lowest BCUT2D eigenvalue weighted by atomic mass is 10.1. The van der Waals surface area contributed by atoms with Crippen molar-refractivity contribution in [2.24, 2.45) is 0 Å². The van der Waals surface area contributed by atoms with Gasteiger partial charge in [0.25, 0.3) is 5.69 Å². The molecule has 1 unspecified atom stereocenters. The van der Waals surface area contributed by atoms with E-state index in [1.807, 2.05) is 6.07 Å². The Morgan fingerprint density at radius 3 is 2.85 bits per heavy atom. The summed E-state index contributed by atoms with van der Waals surface area (Å²) in [5.41, 5.74) is 1.39. The molecule has 0 radical (unpaired) electrons. The second kappa shape index (κ2) is 6.70. The highest BCUT2D eigenvalue weighted by Crippen LogP contribution is 2.30. The van der Waals surface area contributed by atoms with Crippen molar-refractivity contribution in [2.45, 2.75) is 51.7 Å². The average molecular weight is 278 g/mol. The molecule has 0 amide bonds. The van der Waals surface area contributed by atoms with Gasteiger partial charge in [0.05, 0.1) is 17.1 Å². The first-order valence-electron chi connectivity index (χ1n) is 7.32. The first-order valence-corrected chi connectivity index (χ1v) is 7.32. The van der Waals surface area contributed by atoms with E-state index in [-0.39, 0.29) is 12.3 Å². The van der Waals surface area contributed by atoms with Crippen LogP contribution in [0.2, 0.25) is 0 Å². The highest BCUT2D eigenvalue weighted by Gasteiger charge is 2.22. The summed E-state index contributed by atoms with van der Waals surface area (Å²) < 4.78 is 0. The first-order chi connectivity index (χ1) is 9.67. The van der Waals surface area contributed by atoms with E-state index in [1.54, 1.807) is 6.07 Å². The molecule has 20 heavy (non-hydrogen) atoms. The van der Waals surface area contributed by atoms with Crippen LogP contribution >= 0.6 is 0 Å². The number of hydrogen-bond acceptors (Lipinski definition) is 4. The number of aliphatic hydroxyl groups excluding tert-OH is 1. The molecule has 1 aliphatic rings. The normalized spacial score (nSPS) is 19.7. The maximum Gasteiger partial charge on any atom is 0.275 e. The molecule has 2 rings (SSSR count). The summed E-state index contributed by atoms with van der Waals surface area (Å²) in [6, 6.07) is 5.58. The largest absolute Gasteiger partial charge is 0.391 e. The predicted molar refractivity (Wildman–Crippen MR) is 78.9 cm³/mol. The lowest BCUT2D eigenvalue weighted by Gasteiger charge is -2.31. The Kier molecular flexibility index (Phi) is 4.95. The van der Waals surface area contributed by atoms with Gasteiger partial charge in [-0.2, -0.15) is 0 Å². The maximum absolute atomic E-state index is 10.9. The van der Waals surface area contributed by atoms with Gasteiger partial charge in [0, 0.05) is 24.3 Å². The minimum Gasteiger partial charge on any atom is -0.391 e. The third-order valence-electron chi connectivity index (χ3n) is 4.11. The molecule has 5 nitrogen and oxygen atoms in total. The molecule has 0 saturated carbocycles. The summed E-state index contributed by atoms with van der Waals surface area (Å²) in [4.78, 5) is 12.8. The SMILES string of the molecule is CCC1CCCCCN1c1ccc([N+](=O)[O-])c(CO)c1. The number of benzene rings is 1. The molecule has 1 aromatic carbocycles. The van der Waals surface area contributed by atoms with Crippen LogP contribution in [0.5, 0.6) is 0 Å². The van der Waals surface area contributed by atoms with Crippen molar-refractivity contribution in [2.75, 3.05) is 11.4 Å². The van der Waals surface area contributed by atoms with Crippen LogP contribution in [0.1, 0.15) is 44.6 Å². The molecule has 1 N–H and O–H groups in total. The maximum atomic E-state index is 10.9. The van der Waals surface area contributed by atoms with Crippen LogP contribution in [0, 0.1) is 10.1 Å². The molecule has 0 aromatic heterocycles. The van der Waals surface area contributed by atoms with Gasteiger partial charge in [-0.25, -0.2) is 0 Å². The van der Waals surface area contributed by atoms with E-state index in [0.717, 1.165) is 25.1 Å². The van der Waals surface area contributed by atoms with Gasteiger partial charge in [0.15, 0.2) is 0 Å². The number of anilines is 1. The Morgan fingerprint density at radius 2 is 2.20 bits per heavy atom. The Hall–Kier alpha value is -1.62. The van der Waals surface area contributed by atoms with E-state index >= 15 is 0 Å². The van der Waals surface area contributed by atoms with Gasteiger partial charge in [-0.15, -0.1) is 0 Å². The summed E-state index contributed by atoms with van der Waals surface area (Å²) in [7, 11) is 0. The van der Waals surface area contributed by atoms with E-state index in [1.165, 1.54) is 25.3 Å². The molecular weight excluding hydrogens is 256 g/mol. The monoisotopic (exact) mass is 278 g/mol. The van der Waals surface area contributed by atoms with Gasteiger partial charge in [-0.3, -0.25) is 10.1 Å². The van der Waals surface area contributed by atoms with Crippen molar-refractivity contribution in [1.29, 1.82) is 0 Å². The molecule has 0 spiro atoms. The third-order valence-corrected chi connectivity index (χ3v) is 4.11. The van der Waals surface area contributed by atoms with Crippen LogP contribution in [0.25, 0.3) is 0 Å². The van der Waals surface area contributed by atoms with Crippen LogP contribution in [-0.2, 0) is 6.61 Å². The lowest BCUT2D eigenvalue weighted by Crippen LogP contribution is -2.34. The second-order valence-corrected chi connectivity index (χ2v) is 5.33. The van der Waals surface area contributed by atoms with E-state index in [0.29, 0.717) is 11.6 Å². The number of rotatable bonds is 4. The van der Waals surface area contributed by atoms with Crippen molar-refractivity contribution in [1.82, 2.24) is 0 Å². The Morgan fingerprint density at radius 1 is 1.40 bits per heavy atom. The zero-order valence-electron chi connectivity index (χ0n) is 11.9. The van der Waals surface area contributed by atoms with Crippen LogP contribution < -0.4 is 4.90 Å². The third kappa shape index (κ3) is 3.10. The van der Waals surface area contributed by atoms with E-state index in [9.17, 15) is 15.2 Å². The summed E-state index contributed by atoms with van der Waals surface area (Å²) in [5.74, 6) is 0. The average Bonchev–Trinajstić information content (AvgIpc) is 2.71. The molecule has 1 atom stereocenters. The van der Waals surface area contributed by atoms with Crippen LogP contribution in [0.15, 0.2) is 18.2 Å². The Balaban J connectivity index is 2.32. The quantitative estimate of drug-likeness (QED) is 0.678. The smallest absolute Gasteiger partial charge is 0.275 e. The number of nitro groups is 1. The summed E-state index contributed by atoms with van der Waals surface area (Å²) in [6.45, 7) is 2.87. The molecule has 1 fully saturated rings. The highest BCUT2D eigenvalue weighted by atomic mass is 16.6. The predicted octanol–water partition coefficient (Wildman–Crippen LogP) is 3.25. The zero-order chi connectivity index (χ0) is 14.5. The molecule has 110 valence electrons. The molecular formula is C15H22N2O3. The summed E-state index contributed by atoms with van der Waals surface area (Å²) in [6.07, 6.45) is 5.89. The molecule has 0 aliphatic carbocycles. The van der Waals surface area contributed by atoms with Crippen molar-refractivity contribution < 1.29 is 10.0 Å². The highest BCUT2D eigenvalue weighted by molar-refractivity contribution is 5.56. The number of hydrogen-bond donors (Lipinski definition) is 1. The summed E-state index contributed by atoms with van der Waals surface area (Å²) >= 11 is 0. The lowest BCUT2D eigenvalue weighted by molar-refractivity contribution is -0.385. The van der Waals surface area contributed by atoms with Crippen molar-refractivity contribution >= 4 is 11.4 Å². The Bertz CT molecular complexity index is 476. The Labute approximate surface area is 119 Å². The molecule has 1 aromatic rings. The number of nitrogens with zero attached hydrogens (tertiary/aromatic N) is 2. The number of aliphatic hydroxyl groups is 1. The number of nitro benzene ring substituents is 1. The fraction of sp³-hybridized carbons (Fsp3) is 0.600. The fourth-order valence-corrected chi connectivity index (χ4v) is 3.00. The zero-order valence-corrected chi connectivity index (χ0v) is 11.9. The van der Waals surface area contributed by atoms with Crippen molar-refractivity contribution in [3.63, 3.8) is 0 Å². The molecule has 0 bridgehead atoms. The van der Waals surface area contributed by atoms with E-state index in [2.05, 4.69) is 11.8 Å². The molecule has 1 saturated heterocycles. The molecule has 1 heterocycles. The van der Waals surface area contributed by atoms with Crippen molar-refractivity contribution in [3.8, 4) is 0 Å². The van der Waals surface area contributed by atoms with E-state index in [4.69, 9.17) is 0 Å². The topological polar surface area (TPSA) is 66.6 Å². The first kappa shape index (κ1) is 14.8. The fourth-order valence-electron chi connectivity index (χ4n) is 3.00. The van der Waals surface area contributed by atoms with Gasteiger partial charge in [0.2, 0.25) is 0 Å². The second-order valence-electron chi connectivity index (χ2n) is 5.33. The van der Waals surface area contributed by atoms with E-state index < -0.39 is 4.92 Å². The standard InChI is InChI=1S/C15H22N2O3/c1-2-13-6-4-3-5-9-16(13)14-7-8-15(17(19)20)12(10-14)11-18/h7-8,10,13,18H,2-6,9,11H2,1H3. The van der Waals surface area contributed by atoms with Gasteiger partial charge in [-0.05, 0) is 31.4 Å². The van der Waals surface area contributed by atoms with Gasteiger partial charge in [-0.1, -0.05) is 19.8 Å². The van der Waals surface area contributed by atoms with Gasteiger partial charge in [0.1, 0.15) is 0 Å². The minimum absolute atomic E-state index is 0.000814. The van der Waals surface area contributed by atoms with Gasteiger partial charge >= 0.3 is 0 Å². The van der Waals surface area contributed by atoms with Crippen LogP contribution in [0.4, 0.5) is 11.4 Å². The molecule has 1 aliphatic heterocycles.